The number of nitrogens with one attached hydrogen (secondary N) is 1. The lowest BCUT2D eigenvalue weighted by molar-refractivity contribution is -0.107. The van der Waals surface area contributed by atoms with Crippen molar-refractivity contribution in [2.24, 2.45) is 0 Å². The number of aromatic nitrogens is 2. The van der Waals surface area contributed by atoms with Gasteiger partial charge in [0.2, 0.25) is 0 Å². The maximum absolute atomic E-state index is 11.5. The fourth-order valence-corrected chi connectivity index (χ4v) is 1.45. The molecular formula is C11H10N2O3. The minimum Gasteiger partial charge on any atom is -0.497 e. The highest BCUT2D eigenvalue weighted by Gasteiger charge is 2.04. The molecule has 0 aliphatic carbocycles. The van der Waals surface area contributed by atoms with Crippen LogP contribution in [0.15, 0.2) is 23.0 Å². The first-order valence-corrected chi connectivity index (χ1v) is 4.75. The van der Waals surface area contributed by atoms with E-state index in [0.29, 0.717) is 23.1 Å². The summed E-state index contributed by atoms with van der Waals surface area (Å²) in [5, 5.41) is 0. The Morgan fingerprint density at radius 3 is 3.00 bits per heavy atom. The zero-order valence-corrected chi connectivity index (χ0v) is 8.69. The molecule has 1 N–H and O–H groups in total. The monoisotopic (exact) mass is 218 g/mol. The van der Waals surface area contributed by atoms with Crippen LogP contribution in [-0.2, 0) is 11.2 Å². The first-order chi connectivity index (χ1) is 7.74. The first-order valence-electron chi connectivity index (χ1n) is 4.75. The number of benzene rings is 1. The summed E-state index contributed by atoms with van der Waals surface area (Å²) in [5.41, 5.74) is 1.12. The van der Waals surface area contributed by atoms with Crippen molar-refractivity contribution in [2.75, 3.05) is 7.11 Å². The molecule has 1 aromatic heterocycles. The van der Waals surface area contributed by atoms with E-state index in [9.17, 15) is 9.59 Å². The van der Waals surface area contributed by atoms with Gasteiger partial charge in [0.1, 0.15) is 17.7 Å². The van der Waals surface area contributed by atoms with Gasteiger partial charge < -0.3 is 14.5 Å². The molecule has 0 aliphatic rings. The molecule has 0 radical (unpaired) electrons. The lowest BCUT2D eigenvalue weighted by Crippen LogP contribution is -2.15. The van der Waals surface area contributed by atoms with Gasteiger partial charge in [-0.15, -0.1) is 0 Å². The topological polar surface area (TPSA) is 72.0 Å². The molecule has 1 heterocycles. The summed E-state index contributed by atoms with van der Waals surface area (Å²) >= 11 is 0. The second kappa shape index (κ2) is 4.14. The van der Waals surface area contributed by atoms with Gasteiger partial charge >= 0.3 is 0 Å². The number of fused-ring (bicyclic) bond motifs is 1. The molecule has 16 heavy (non-hydrogen) atoms. The average molecular weight is 218 g/mol. The van der Waals surface area contributed by atoms with Gasteiger partial charge in [0, 0.05) is 6.07 Å². The van der Waals surface area contributed by atoms with E-state index in [1.165, 1.54) is 0 Å². The van der Waals surface area contributed by atoms with E-state index in [1.54, 1.807) is 25.3 Å². The van der Waals surface area contributed by atoms with Gasteiger partial charge in [-0.05, 0) is 12.1 Å². The van der Waals surface area contributed by atoms with Gasteiger partial charge in [-0.25, -0.2) is 4.98 Å². The van der Waals surface area contributed by atoms with Crippen LogP contribution in [-0.4, -0.2) is 23.4 Å². The van der Waals surface area contributed by atoms with Crippen molar-refractivity contribution >= 4 is 17.3 Å². The second-order valence-corrected chi connectivity index (χ2v) is 3.27. The third-order valence-electron chi connectivity index (χ3n) is 2.25. The molecule has 0 atom stereocenters. The summed E-state index contributed by atoms with van der Waals surface area (Å²) in [7, 11) is 1.55. The van der Waals surface area contributed by atoms with Crippen molar-refractivity contribution in [3.8, 4) is 5.75 Å². The third kappa shape index (κ3) is 1.79. The van der Waals surface area contributed by atoms with Crippen LogP contribution in [0.4, 0.5) is 0 Å². The number of carbonyl (C=O) groups is 1. The molecule has 0 aliphatic heterocycles. The van der Waals surface area contributed by atoms with Crippen LogP contribution in [0.3, 0.4) is 0 Å². The lowest BCUT2D eigenvalue weighted by atomic mass is 10.2. The van der Waals surface area contributed by atoms with Crippen molar-refractivity contribution in [3.05, 3.63) is 34.2 Å². The number of aldehydes is 1. The standard InChI is InChI=1S/C11H10N2O3/c1-16-7-2-3-8-10(6-7)13-11(15)9(12-8)4-5-14/h2-3,5-6H,4H2,1H3,(H,13,15). The number of rotatable bonds is 3. The molecule has 2 rings (SSSR count). The molecule has 0 saturated carbocycles. The molecular weight excluding hydrogens is 208 g/mol. The number of methoxy groups -OCH3 is 1. The Kier molecular flexibility index (Phi) is 2.68. The van der Waals surface area contributed by atoms with Crippen molar-refractivity contribution in [3.63, 3.8) is 0 Å². The number of H-pyrrole nitrogens is 1. The van der Waals surface area contributed by atoms with E-state index >= 15 is 0 Å². The highest BCUT2D eigenvalue weighted by Crippen LogP contribution is 2.16. The van der Waals surface area contributed by atoms with Crippen LogP contribution in [0.25, 0.3) is 11.0 Å². The molecule has 0 amide bonds. The molecule has 82 valence electrons. The van der Waals surface area contributed by atoms with E-state index in [2.05, 4.69) is 9.97 Å². The van der Waals surface area contributed by atoms with E-state index in [0.717, 1.165) is 0 Å². The van der Waals surface area contributed by atoms with E-state index in [-0.39, 0.29) is 17.7 Å². The fourth-order valence-electron chi connectivity index (χ4n) is 1.45. The maximum atomic E-state index is 11.5. The van der Waals surface area contributed by atoms with Crippen LogP contribution >= 0.6 is 0 Å². The Balaban J connectivity index is 2.63. The lowest BCUT2D eigenvalue weighted by Gasteiger charge is -2.02. The van der Waals surface area contributed by atoms with Crippen LogP contribution in [0.1, 0.15) is 5.69 Å². The average Bonchev–Trinajstić information content (AvgIpc) is 2.30. The number of hydrogen-bond acceptors (Lipinski definition) is 4. The zero-order valence-electron chi connectivity index (χ0n) is 8.69. The summed E-state index contributed by atoms with van der Waals surface area (Å²) < 4.78 is 5.03. The normalized spacial score (nSPS) is 10.3. The summed E-state index contributed by atoms with van der Waals surface area (Å²) in [6.07, 6.45) is 0.685. The van der Waals surface area contributed by atoms with Crippen LogP contribution in [0.5, 0.6) is 5.75 Å². The van der Waals surface area contributed by atoms with Gasteiger partial charge in [0.15, 0.2) is 0 Å². The number of carbonyl (C=O) groups excluding carboxylic acids is 1. The molecule has 0 saturated heterocycles. The summed E-state index contributed by atoms with van der Waals surface area (Å²) in [6.45, 7) is 0. The molecule has 0 spiro atoms. The molecule has 2 aromatic rings. The minimum absolute atomic E-state index is 0.0251. The third-order valence-corrected chi connectivity index (χ3v) is 2.25. The van der Waals surface area contributed by atoms with Crippen molar-refractivity contribution in [1.82, 2.24) is 9.97 Å². The van der Waals surface area contributed by atoms with Gasteiger partial charge in [0.05, 0.1) is 24.6 Å². The Hall–Kier alpha value is -2.17. The predicted octanol–water partition coefficient (Wildman–Crippen LogP) is 0.673. The fraction of sp³-hybridized carbons (Fsp3) is 0.182. The summed E-state index contributed by atoms with van der Waals surface area (Å²) in [4.78, 5) is 28.6. The second-order valence-electron chi connectivity index (χ2n) is 3.27. The van der Waals surface area contributed by atoms with Crippen molar-refractivity contribution in [1.29, 1.82) is 0 Å². The highest BCUT2D eigenvalue weighted by atomic mass is 16.5. The Bertz CT molecular complexity index is 589. The number of hydrogen-bond donors (Lipinski definition) is 1. The van der Waals surface area contributed by atoms with Crippen molar-refractivity contribution < 1.29 is 9.53 Å². The number of nitrogens with zero attached hydrogens (tertiary/aromatic N) is 1. The molecule has 0 unspecified atom stereocenters. The molecule has 5 nitrogen and oxygen atoms in total. The van der Waals surface area contributed by atoms with Crippen LogP contribution < -0.4 is 10.3 Å². The molecule has 1 aromatic carbocycles. The highest BCUT2D eigenvalue weighted by molar-refractivity contribution is 5.76. The van der Waals surface area contributed by atoms with Gasteiger partial charge in [0.25, 0.3) is 5.56 Å². The Morgan fingerprint density at radius 2 is 2.31 bits per heavy atom. The Labute approximate surface area is 91.1 Å². The molecule has 0 fully saturated rings. The summed E-state index contributed by atoms with van der Waals surface area (Å²) in [5.74, 6) is 0.646. The van der Waals surface area contributed by atoms with Gasteiger partial charge in [-0.1, -0.05) is 0 Å². The summed E-state index contributed by atoms with van der Waals surface area (Å²) in [6, 6.07) is 5.17. The first kappa shape index (κ1) is 10.4. The van der Waals surface area contributed by atoms with Gasteiger partial charge in [-0.2, -0.15) is 0 Å². The smallest absolute Gasteiger partial charge is 0.270 e. The van der Waals surface area contributed by atoms with Crippen LogP contribution in [0.2, 0.25) is 0 Å². The van der Waals surface area contributed by atoms with E-state index < -0.39 is 0 Å². The zero-order chi connectivity index (χ0) is 11.5. The van der Waals surface area contributed by atoms with Gasteiger partial charge in [-0.3, -0.25) is 4.79 Å². The van der Waals surface area contributed by atoms with E-state index in [4.69, 9.17) is 4.74 Å². The van der Waals surface area contributed by atoms with Crippen LogP contribution in [0, 0.1) is 0 Å². The predicted molar refractivity (Wildman–Crippen MR) is 58.7 cm³/mol. The maximum Gasteiger partial charge on any atom is 0.270 e. The largest absolute Gasteiger partial charge is 0.497 e. The quantitative estimate of drug-likeness (QED) is 0.768. The van der Waals surface area contributed by atoms with Crippen molar-refractivity contribution in [2.45, 2.75) is 6.42 Å². The van der Waals surface area contributed by atoms with E-state index in [1.807, 2.05) is 0 Å². The molecule has 0 bridgehead atoms. The number of aromatic amines is 1. The molecule has 5 heteroatoms. The Morgan fingerprint density at radius 1 is 1.50 bits per heavy atom. The minimum atomic E-state index is -0.340. The SMILES string of the molecule is COc1ccc2nc(CC=O)c(=O)[nH]c2c1. The number of ether oxygens (including phenoxy) is 1.